The van der Waals surface area contributed by atoms with E-state index in [2.05, 4.69) is 5.32 Å². The number of methoxy groups -OCH3 is 1. The van der Waals surface area contributed by atoms with Gasteiger partial charge in [0.05, 0.1) is 24.6 Å². The summed E-state index contributed by atoms with van der Waals surface area (Å²) >= 11 is 0. The second-order valence-electron chi connectivity index (χ2n) is 11.9. The topological polar surface area (TPSA) is 96.0 Å². The van der Waals surface area contributed by atoms with Crippen molar-refractivity contribution in [2.75, 3.05) is 24.2 Å². The van der Waals surface area contributed by atoms with Crippen molar-refractivity contribution in [2.24, 2.45) is 0 Å². The largest absolute Gasteiger partial charge is 0.497 e. The monoisotopic (exact) mass is 673 g/mol. The first-order valence-corrected chi connectivity index (χ1v) is 17.6. The summed E-state index contributed by atoms with van der Waals surface area (Å²) in [5.74, 6) is -0.0604. The molecule has 0 aromatic heterocycles. The molecule has 2 amide bonds. The van der Waals surface area contributed by atoms with Gasteiger partial charge in [-0.05, 0) is 60.7 Å². The first kappa shape index (κ1) is 35.8. The van der Waals surface area contributed by atoms with Crippen molar-refractivity contribution >= 4 is 27.5 Å². The van der Waals surface area contributed by atoms with Crippen LogP contribution in [0.3, 0.4) is 0 Å². The number of hydrogen-bond donors (Lipinski definition) is 1. The molecule has 1 fully saturated rings. The summed E-state index contributed by atoms with van der Waals surface area (Å²) in [7, 11) is -2.44. The van der Waals surface area contributed by atoms with Crippen molar-refractivity contribution in [3.63, 3.8) is 0 Å². The lowest BCUT2D eigenvalue weighted by molar-refractivity contribution is -0.141. The number of nitrogens with zero attached hydrogens (tertiary/aromatic N) is 2. The average molecular weight is 674 g/mol. The van der Waals surface area contributed by atoms with Gasteiger partial charge in [0.25, 0.3) is 0 Å². The summed E-state index contributed by atoms with van der Waals surface area (Å²) in [6.45, 7) is -0.133. The van der Waals surface area contributed by atoms with Crippen LogP contribution in [0.5, 0.6) is 5.75 Å². The van der Waals surface area contributed by atoms with E-state index in [1.54, 1.807) is 18.2 Å². The van der Waals surface area contributed by atoms with Crippen LogP contribution in [0, 0.1) is 0 Å². The van der Waals surface area contributed by atoms with E-state index >= 15 is 0 Å². The molecule has 0 spiro atoms. The van der Waals surface area contributed by atoms with Crippen LogP contribution >= 0.6 is 0 Å². The van der Waals surface area contributed by atoms with Crippen LogP contribution in [0.25, 0.3) is 0 Å². The summed E-state index contributed by atoms with van der Waals surface area (Å²) in [4.78, 5) is 29.6. The number of carbonyl (C=O) groups excluding carboxylic acids is 2. The van der Waals surface area contributed by atoms with Gasteiger partial charge < -0.3 is 15.0 Å². The Labute approximate surface area is 275 Å². The highest BCUT2D eigenvalue weighted by Gasteiger charge is 2.33. The first-order valence-electron chi connectivity index (χ1n) is 15.8. The molecule has 1 aliphatic rings. The van der Waals surface area contributed by atoms with E-state index in [0.29, 0.717) is 5.75 Å². The Bertz CT molecular complexity index is 1600. The molecule has 1 aliphatic carbocycles. The van der Waals surface area contributed by atoms with Crippen molar-refractivity contribution < 1.29 is 35.9 Å². The fraction of sp³-hybridized carbons (Fsp3) is 0.429. The van der Waals surface area contributed by atoms with Gasteiger partial charge in [0.2, 0.25) is 21.8 Å². The van der Waals surface area contributed by atoms with E-state index in [0.717, 1.165) is 72.0 Å². The predicted octanol–water partition coefficient (Wildman–Crippen LogP) is 6.35. The maximum Gasteiger partial charge on any atom is 0.416 e. The fourth-order valence-electron chi connectivity index (χ4n) is 5.91. The lowest BCUT2D eigenvalue weighted by Crippen LogP contribution is -2.52. The van der Waals surface area contributed by atoms with E-state index in [4.69, 9.17) is 4.74 Å². The van der Waals surface area contributed by atoms with Crippen LogP contribution in [-0.2, 0) is 38.8 Å². The summed E-state index contributed by atoms with van der Waals surface area (Å²) in [5, 5.41) is 3.18. The predicted molar refractivity (Wildman–Crippen MR) is 175 cm³/mol. The number of sulfonamides is 1. The zero-order valence-electron chi connectivity index (χ0n) is 26.7. The van der Waals surface area contributed by atoms with Gasteiger partial charge in [0.15, 0.2) is 0 Å². The number of alkyl halides is 3. The molecule has 3 aromatic rings. The normalized spacial score (nSPS) is 14.7. The van der Waals surface area contributed by atoms with Crippen LogP contribution in [0.15, 0.2) is 78.9 Å². The van der Waals surface area contributed by atoms with Crippen LogP contribution in [0.2, 0.25) is 0 Å². The smallest absolute Gasteiger partial charge is 0.416 e. The SMILES string of the molecule is COc1cccc(CN(C(=O)CCCN(c2cccc(C(F)(F)F)c2)S(C)(=O)=O)[C@@H](Cc2ccccc2)C(=O)NC2CCCCC2)c1. The first-order chi connectivity index (χ1) is 22.3. The molecule has 0 aliphatic heterocycles. The van der Waals surface area contributed by atoms with Gasteiger partial charge in [-0.15, -0.1) is 0 Å². The maximum atomic E-state index is 14.1. The second-order valence-corrected chi connectivity index (χ2v) is 13.8. The fourth-order valence-corrected chi connectivity index (χ4v) is 6.86. The number of hydrogen-bond acceptors (Lipinski definition) is 5. The Morgan fingerprint density at radius 2 is 1.62 bits per heavy atom. The zero-order valence-corrected chi connectivity index (χ0v) is 27.5. The number of carbonyl (C=O) groups is 2. The number of benzene rings is 3. The third-order valence-electron chi connectivity index (χ3n) is 8.32. The number of rotatable bonds is 14. The lowest BCUT2D eigenvalue weighted by atomic mass is 9.94. The quantitative estimate of drug-likeness (QED) is 0.215. The van der Waals surface area contributed by atoms with Gasteiger partial charge in [-0.3, -0.25) is 13.9 Å². The molecule has 254 valence electrons. The Morgan fingerprint density at radius 1 is 0.936 bits per heavy atom. The molecule has 4 rings (SSSR count). The van der Waals surface area contributed by atoms with E-state index in [9.17, 15) is 31.2 Å². The van der Waals surface area contributed by atoms with Gasteiger partial charge in [0, 0.05) is 32.0 Å². The minimum Gasteiger partial charge on any atom is -0.497 e. The van der Waals surface area contributed by atoms with Gasteiger partial charge in [-0.1, -0.05) is 67.8 Å². The van der Waals surface area contributed by atoms with Crippen molar-refractivity contribution in [1.82, 2.24) is 10.2 Å². The van der Waals surface area contributed by atoms with Gasteiger partial charge >= 0.3 is 6.18 Å². The average Bonchev–Trinajstić information content (AvgIpc) is 3.04. The molecule has 1 atom stereocenters. The molecule has 12 heteroatoms. The Balaban J connectivity index is 1.61. The standard InChI is InChI=1S/C35H42F3N3O5S/c1-46-31-19-9-14-27(22-31)25-40(32(23-26-12-5-3-6-13-26)34(43)39-29-16-7-4-8-17-29)33(42)20-11-21-41(47(2,44)45)30-18-10-15-28(24-30)35(36,37)38/h3,5-6,9-10,12-15,18-19,22,24,29,32H,4,7-8,11,16-17,20-21,23,25H2,1-2H3,(H,39,43)/t32-/m0/s1. The minimum atomic E-state index is -4.65. The molecule has 8 nitrogen and oxygen atoms in total. The number of halogens is 3. The van der Waals surface area contributed by atoms with Crippen LogP contribution in [-0.4, -0.2) is 57.1 Å². The van der Waals surface area contributed by atoms with Crippen molar-refractivity contribution in [2.45, 2.75) is 76.2 Å². The Kier molecular flexibility index (Phi) is 12.3. The molecular formula is C35H42F3N3O5S. The molecule has 0 unspecified atom stereocenters. The molecule has 1 saturated carbocycles. The maximum absolute atomic E-state index is 14.1. The van der Waals surface area contributed by atoms with E-state index < -0.39 is 27.8 Å². The van der Waals surface area contributed by atoms with Gasteiger partial charge in [0.1, 0.15) is 11.8 Å². The van der Waals surface area contributed by atoms with Gasteiger partial charge in [-0.25, -0.2) is 8.42 Å². The van der Waals surface area contributed by atoms with Gasteiger partial charge in [-0.2, -0.15) is 13.2 Å². The molecule has 0 saturated heterocycles. The number of amides is 2. The summed E-state index contributed by atoms with van der Waals surface area (Å²) in [6.07, 6.45) is 1.27. The number of anilines is 1. The van der Waals surface area contributed by atoms with E-state index in [1.807, 2.05) is 36.4 Å². The molecular weight excluding hydrogens is 631 g/mol. The van der Waals surface area contributed by atoms with E-state index in [-0.39, 0.29) is 55.9 Å². The van der Waals surface area contributed by atoms with Crippen LogP contribution in [0.4, 0.5) is 18.9 Å². The highest BCUT2D eigenvalue weighted by molar-refractivity contribution is 7.92. The number of ether oxygens (including phenoxy) is 1. The van der Waals surface area contributed by atoms with Crippen molar-refractivity contribution in [3.8, 4) is 5.75 Å². The minimum absolute atomic E-state index is 0.0130. The van der Waals surface area contributed by atoms with Crippen LogP contribution < -0.4 is 14.4 Å². The number of nitrogens with one attached hydrogen (secondary N) is 1. The second kappa shape index (κ2) is 16.2. The third-order valence-corrected chi connectivity index (χ3v) is 9.52. The third kappa shape index (κ3) is 10.5. The summed E-state index contributed by atoms with van der Waals surface area (Å²) in [6, 6.07) is 19.8. The molecule has 1 N–H and O–H groups in total. The zero-order chi connectivity index (χ0) is 34.0. The lowest BCUT2D eigenvalue weighted by Gasteiger charge is -2.34. The van der Waals surface area contributed by atoms with E-state index in [1.165, 1.54) is 18.1 Å². The highest BCUT2D eigenvalue weighted by Crippen LogP contribution is 2.32. The summed E-state index contributed by atoms with van der Waals surface area (Å²) in [5.41, 5.74) is 0.490. The van der Waals surface area contributed by atoms with Crippen molar-refractivity contribution in [1.29, 1.82) is 0 Å². The molecule has 0 radical (unpaired) electrons. The van der Waals surface area contributed by atoms with Crippen molar-refractivity contribution in [3.05, 3.63) is 95.6 Å². The summed E-state index contributed by atoms with van der Waals surface area (Å²) < 4.78 is 71.8. The molecule has 0 heterocycles. The Hall–Kier alpha value is -4.06. The molecule has 3 aromatic carbocycles. The molecule has 0 bridgehead atoms. The molecule has 47 heavy (non-hydrogen) atoms. The van der Waals surface area contributed by atoms with Crippen LogP contribution in [0.1, 0.15) is 61.6 Å². The Morgan fingerprint density at radius 3 is 2.28 bits per heavy atom. The highest BCUT2D eigenvalue weighted by atomic mass is 32.2.